The zero-order valence-electron chi connectivity index (χ0n) is 11.8. The molecule has 2 N–H and O–H groups in total. The monoisotopic (exact) mass is 264 g/mol. The van der Waals surface area contributed by atoms with Gasteiger partial charge in [0.25, 0.3) is 0 Å². The summed E-state index contributed by atoms with van der Waals surface area (Å²) in [7, 11) is 1.72. The standard InChI is InChI=1S/C15H24N2O2/c1-12(16)15-10-17(6-7-19-15)9-13-4-3-5-14(8-13)11-18-2/h3-5,8,12,15H,6-7,9-11,16H2,1-2H3. The molecule has 1 aromatic rings. The molecule has 0 aliphatic carbocycles. The number of hydrogen-bond donors (Lipinski definition) is 1. The molecule has 0 spiro atoms. The van der Waals surface area contributed by atoms with Crippen LogP contribution in [0.25, 0.3) is 0 Å². The molecule has 0 saturated carbocycles. The molecule has 0 bridgehead atoms. The fraction of sp³-hybridized carbons (Fsp3) is 0.600. The first kappa shape index (κ1) is 14.5. The first-order valence-electron chi connectivity index (χ1n) is 6.85. The second kappa shape index (κ2) is 7.01. The maximum Gasteiger partial charge on any atom is 0.0850 e. The number of hydrogen-bond acceptors (Lipinski definition) is 4. The zero-order valence-corrected chi connectivity index (χ0v) is 11.8. The van der Waals surface area contributed by atoms with E-state index in [0.717, 1.165) is 26.2 Å². The summed E-state index contributed by atoms with van der Waals surface area (Å²) < 4.78 is 10.9. The number of ether oxygens (including phenoxy) is 2. The van der Waals surface area contributed by atoms with E-state index in [-0.39, 0.29) is 12.1 Å². The van der Waals surface area contributed by atoms with Crippen LogP contribution in [-0.4, -0.2) is 43.9 Å². The molecule has 106 valence electrons. The van der Waals surface area contributed by atoms with E-state index in [4.69, 9.17) is 15.2 Å². The Hall–Kier alpha value is -0.940. The van der Waals surface area contributed by atoms with E-state index in [0.29, 0.717) is 6.61 Å². The first-order chi connectivity index (χ1) is 9.19. The predicted octanol–water partition coefficient (Wildman–Crippen LogP) is 1.38. The molecule has 0 aromatic heterocycles. The molecule has 4 nitrogen and oxygen atoms in total. The summed E-state index contributed by atoms with van der Waals surface area (Å²) in [5, 5.41) is 0. The molecular weight excluding hydrogens is 240 g/mol. The Morgan fingerprint density at radius 2 is 2.26 bits per heavy atom. The van der Waals surface area contributed by atoms with Gasteiger partial charge in [-0.25, -0.2) is 0 Å². The minimum absolute atomic E-state index is 0.0858. The maximum absolute atomic E-state index is 5.92. The topological polar surface area (TPSA) is 47.7 Å². The van der Waals surface area contributed by atoms with Crippen LogP contribution in [0, 0.1) is 0 Å². The molecule has 2 atom stereocenters. The van der Waals surface area contributed by atoms with E-state index >= 15 is 0 Å². The van der Waals surface area contributed by atoms with E-state index in [1.807, 2.05) is 6.92 Å². The molecule has 4 heteroatoms. The summed E-state index contributed by atoms with van der Waals surface area (Å²) in [6.07, 6.45) is 0.149. The Bertz CT molecular complexity index is 395. The van der Waals surface area contributed by atoms with Crippen molar-refractivity contribution >= 4 is 0 Å². The van der Waals surface area contributed by atoms with Crippen molar-refractivity contribution in [2.24, 2.45) is 5.73 Å². The van der Waals surface area contributed by atoms with Gasteiger partial charge in [0.2, 0.25) is 0 Å². The molecule has 2 rings (SSSR count). The van der Waals surface area contributed by atoms with Crippen LogP contribution in [-0.2, 0) is 22.6 Å². The van der Waals surface area contributed by atoms with Gasteiger partial charge in [-0.3, -0.25) is 4.90 Å². The highest BCUT2D eigenvalue weighted by molar-refractivity contribution is 5.23. The van der Waals surface area contributed by atoms with Crippen molar-refractivity contribution in [3.8, 4) is 0 Å². The van der Waals surface area contributed by atoms with E-state index in [1.54, 1.807) is 7.11 Å². The molecule has 2 unspecified atom stereocenters. The van der Waals surface area contributed by atoms with Crippen molar-refractivity contribution in [1.29, 1.82) is 0 Å². The van der Waals surface area contributed by atoms with Crippen LogP contribution in [0.3, 0.4) is 0 Å². The van der Waals surface area contributed by atoms with Gasteiger partial charge in [0.15, 0.2) is 0 Å². The fourth-order valence-electron chi connectivity index (χ4n) is 2.44. The third-order valence-electron chi connectivity index (χ3n) is 3.47. The quantitative estimate of drug-likeness (QED) is 0.873. The van der Waals surface area contributed by atoms with Crippen molar-refractivity contribution in [1.82, 2.24) is 4.90 Å². The van der Waals surface area contributed by atoms with Gasteiger partial charge in [0, 0.05) is 32.8 Å². The van der Waals surface area contributed by atoms with Gasteiger partial charge in [-0.15, -0.1) is 0 Å². The van der Waals surface area contributed by atoms with Gasteiger partial charge in [0.1, 0.15) is 0 Å². The van der Waals surface area contributed by atoms with Crippen molar-refractivity contribution in [2.45, 2.75) is 32.2 Å². The van der Waals surface area contributed by atoms with Gasteiger partial charge in [-0.2, -0.15) is 0 Å². The number of methoxy groups -OCH3 is 1. The molecule has 0 radical (unpaired) electrons. The molecular formula is C15H24N2O2. The molecule has 19 heavy (non-hydrogen) atoms. The average Bonchev–Trinajstić information content (AvgIpc) is 2.40. The Labute approximate surface area is 115 Å². The van der Waals surface area contributed by atoms with E-state index in [9.17, 15) is 0 Å². The van der Waals surface area contributed by atoms with Crippen molar-refractivity contribution in [3.63, 3.8) is 0 Å². The minimum Gasteiger partial charge on any atom is -0.380 e. The number of benzene rings is 1. The highest BCUT2D eigenvalue weighted by Crippen LogP contribution is 2.13. The Morgan fingerprint density at radius 3 is 3.00 bits per heavy atom. The summed E-state index contributed by atoms with van der Waals surface area (Å²) in [6.45, 7) is 6.27. The van der Waals surface area contributed by atoms with Gasteiger partial charge >= 0.3 is 0 Å². The Morgan fingerprint density at radius 1 is 1.47 bits per heavy atom. The van der Waals surface area contributed by atoms with Gasteiger partial charge in [0.05, 0.1) is 19.3 Å². The summed E-state index contributed by atoms with van der Waals surface area (Å²) in [4.78, 5) is 2.41. The van der Waals surface area contributed by atoms with E-state index in [2.05, 4.69) is 29.2 Å². The van der Waals surface area contributed by atoms with Crippen LogP contribution in [0.2, 0.25) is 0 Å². The molecule has 0 amide bonds. The normalized spacial score (nSPS) is 22.4. The lowest BCUT2D eigenvalue weighted by Crippen LogP contribution is -2.49. The smallest absolute Gasteiger partial charge is 0.0850 e. The second-order valence-electron chi connectivity index (χ2n) is 5.26. The molecule has 1 aliphatic rings. The summed E-state index contributed by atoms with van der Waals surface area (Å²) in [5.41, 5.74) is 8.46. The lowest BCUT2D eigenvalue weighted by atomic mass is 10.1. The first-order valence-corrected chi connectivity index (χ1v) is 6.85. The lowest BCUT2D eigenvalue weighted by molar-refractivity contribution is -0.0403. The Kier molecular flexibility index (Phi) is 5.34. The number of rotatable bonds is 5. The number of nitrogens with two attached hydrogens (primary N) is 1. The van der Waals surface area contributed by atoms with Crippen LogP contribution in [0.4, 0.5) is 0 Å². The second-order valence-corrected chi connectivity index (χ2v) is 5.26. The van der Waals surface area contributed by atoms with E-state index < -0.39 is 0 Å². The largest absolute Gasteiger partial charge is 0.380 e. The van der Waals surface area contributed by atoms with Crippen LogP contribution in [0.1, 0.15) is 18.1 Å². The van der Waals surface area contributed by atoms with Crippen molar-refractivity contribution in [3.05, 3.63) is 35.4 Å². The van der Waals surface area contributed by atoms with Gasteiger partial charge in [-0.05, 0) is 18.1 Å². The molecule has 1 heterocycles. The SMILES string of the molecule is COCc1cccc(CN2CCOC(C(C)N)C2)c1. The summed E-state index contributed by atoms with van der Waals surface area (Å²) in [5.74, 6) is 0. The highest BCUT2D eigenvalue weighted by atomic mass is 16.5. The van der Waals surface area contributed by atoms with Crippen LogP contribution >= 0.6 is 0 Å². The highest BCUT2D eigenvalue weighted by Gasteiger charge is 2.23. The van der Waals surface area contributed by atoms with Gasteiger partial charge < -0.3 is 15.2 Å². The minimum atomic E-state index is 0.0858. The van der Waals surface area contributed by atoms with Crippen molar-refractivity contribution < 1.29 is 9.47 Å². The number of nitrogens with zero attached hydrogens (tertiary/aromatic N) is 1. The van der Waals surface area contributed by atoms with Crippen LogP contribution < -0.4 is 5.73 Å². The van der Waals surface area contributed by atoms with Crippen LogP contribution in [0.5, 0.6) is 0 Å². The molecule has 1 saturated heterocycles. The zero-order chi connectivity index (χ0) is 13.7. The molecule has 1 aliphatic heterocycles. The maximum atomic E-state index is 5.92. The third kappa shape index (κ3) is 4.28. The predicted molar refractivity (Wildman–Crippen MR) is 75.8 cm³/mol. The fourth-order valence-corrected chi connectivity index (χ4v) is 2.44. The van der Waals surface area contributed by atoms with Gasteiger partial charge in [-0.1, -0.05) is 24.3 Å². The molecule has 1 fully saturated rings. The lowest BCUT2D eigenvalue weighted by Gasteiger charge is -2.34. The van der Waals surface area contributed by atoms with Crippen molar-refractivity contribution in [2.75, 3.05) is 26.8 Å². The summed E-state index contributed by atoms with van der Waals surface area (Å²) in [6, 6.07) is 8.64. The summed E-state index contributed by atoms with van der Waals surface area (Å²) >= 11 is 0. The average molecular weight is 264 g/mol. The third-order valence-corrected chi connectivity index (χ3v) is 3.47. The van der Waals surface area contributed by atoms with E-state index in [1.165, 1.54) is 11.1 Å². The Balaban J connectivity index is 1.94. The van der Waals surface area contributed by atoms with Crippen LogP contribution in [0.15, 0.2) is 24.3 Å². The number of morpholine rings is 1. The molecule has 1 aromatic carbocycles.